The Hall–Kier alpha value is -2.45. The lowest BCUT2D eigenvalue weighted by atomic mass is 10.1. The molecule has 7 nitrogen and oxygen atoms in total. The topological polar surface area (TPSA) is 47.9 Å². The third-order valence-corrected chi connectivity index (χ3v) is 6.54. The summed E-state index contributed by atoms with van der Waals surface area (Å²) in [5, 5.41) is 1.29. The van der Waals surface area contributed by atoms with Crippen molar-refractivity contribution in [3.8, 4) is 5.69 Å². The number of piperazine rings is 1. The first kappa shape index (κ1) is 23.7. The van der Waals surface area contributed by atoms with Crippen LogP contribution in [-0.2, 0) is 6.54 Å². The van der Waals surface area contributed by atoms with Gasteiger partial charge in [0.05, 0.1) is 28.8 Å². The Balaban J connectivity index is 1.83. The molecule has 1 aromatic heterocycles. The van der Waals surface area contributed by atoms with Crippen molar-refractivity contribution >= 4 is 28.2 Å². The second-order valence-corrected chi connectivity index (χ2v) is 9.56. The minimum atomic E-state index is -0.0428. The molecule has 2 heterocycles. The molecule has 4 rings (SSSR count). The summed E-state index contributed by atoms with van der Waals surface area (Å²) in [5.74, 6) is 0.757. The van der Waals surface area contributed by atoms with E-state index < -0.39 is 0 Å². The quantitative estimate of drug-likeness (QED) is 0.531. The highest BCUT2D eigenvalue weighted by Gasteiger charge is 2.21. The van der Waals surface area contributed by atoms with Gasteiger partial charge in [-0.1, -0.05) is 17.7 Å². The first-order valence-corrected chi connectivity index (χ1v) is 11.8. The molecule has 33 heavy (non-hydrogen) atoms. The molecule has 0 saturated carbocycles. The van der Waals surface area contributed by atoms with Crippen LogP contribution in [0.4, 0.5) is 5.69 Å². The van der Waals surface area contributed by atoms with E-state index in [1.807, 2.05) is 49.5 Å². The normalized spacial score (nSPS) is 15.5. The van der Waals surface area contributed by atoms with E-state index in [9.17, 15) is 4.79 Å². The molecule has 0 amide bonds. The van der Waals surface area contributed by atoms with Crippen molar-refractivity contribution in [1.29, 1.82) is 0 Å². The highest BCUT2D eigenvalue weighted by atomic mass is 35.5. The van der Waals surface area contributed by atoms with Gasteiger partial charge in [0.2, 0.25) is 0 Å². The van der Waals surface area contributed by atoms with Gasteiger partial charge in [-0.05, 0) is 57.5 Å². The van der Waals surface area contributed by atoms with E-state index in [0.29, 0.717) is 17.0 Å². The van der Waals surface area contributed by atoms with E-state index in [4.69, 9.17) is 16.6 Å². The molecule has 0 N–H and O–H groups in total. The Morgan fingerprint density at radius 3 is 2.33 bits per heavy atom. The minimum absolute atomic E-state index is 0.0428. The van der Waals surface area contributed by atoms with Gasteiger partial charge < -0.3 is 14.7 Å². The summed E-state index contributed by atoms with van der Waals surface area (Å²) in [5.41, 5.74) is 2.39. The number of anilines is 1. The van der Waals surface area contributed by atoms with Gasteiger partial charge in [-0.3, -0.25) is 14.3 Å². The fraction of sp³-hybridized carbons (Fsp3) is 0.440. The van der Waals surface area contributed by atoms with Crippen LogP contribution in [0.1, 0.15) is 5.82 Å². The molecule has 8 heteroatoms. The van der Waals surface area contributed by atoms with Gasteiger partial charge in [0, 0.05) is 51.3 Å². The zero-order chi connectivity index (χ0) is 23.5. The number of nitrogens with zero attached hydrogens (tertiary/aromatic N) is 6. The lowest BCUT2D eigenvalue weighted by molar-refractivity contribution is 0.144. The number of likely N-dealkylation sites (N-methyl/N-ethyl adjacent to an activating group) is 3. The van der Waals surface area contributed by atoms with Gasteiger partial charge >= 0.3 is 0 Å². The molecule has 1 aliphatic heterocycles. The van der Waals surface area contributed by atoms with E-state index in [1.54, 1.807) is 4.57 Å². The Morgan fingerprint density at radius 2 is 1.67 bits per heavy atom. The van der Waals surface area contributed by atoms with E-state index in [-0.39, 0.29) is 5.56 Å². The lowest BCUT2D eigenvalue weighted by Gasteiger charge is -2.32. The Kier molecular flexibility index (Phi) is 7.34. The van der Waals surface area contributed by atoms with Crippen molar-refractivity contribution < 1.29 is 0 Å². The van der Waals surface area contributed by atoms with Crippen molar-refractivity contribution in [2.45, 2.75) is 6.54 Å². The average molecular weight is 469 g/mol. The summed E-state index contributed by atoms with van der Waals surface area (Å²) in [6.07, 6.45) is 0. The third-order valence-electron chi connectivity index (χ3n) is 6.28. The van der Waals surface area contributed by atoms with Crippen LogP contribution >= 0.6 is 11.6 Å². The zero-order valence-corrected chi connectivity index (χ0v) is 20.7. The van der Waals surface area contributed by atoms with Gasteiger partial charge in [-0.2, -0.15) is 0 Å². The smallest absolute Gasteiger partial charge is 0.268 e. The van der Waals surface area contributed by atoms with Crippen LogP contribution in [0, 0.1) is 0 Å². The molecule has 0 spiro atoms. The molecule has 0 unspecified atom stereocenters. The Bertz CT molecular complexity index is 1150. The van der Waals surface area contributed by atoms with Crippen molar-refractivity contribution in [3.05, 3.63) is 63.7 Å². The number of rotatable bonds is 7. The summed E-state index contributed by atoms with van der Waals surface area (Å²) < 4.78 is 1.76. The van der Waals surface area contributed by atoms with E-state index in [2.05, 4.69) is 40.7 Å². The van der Waals surface area contributed by atoms with Crippen LogP contribution in [0.2, 0.25) is 5.02 Å². The number of benzene rings is 2. The molecule has 3 aromatic rings. The maximum atomic E-state index is 14.0. The molecule has 0 bridgehead atoms. The van der Waals surface area contributed by atoms with Gasteiger partial charge in [-0.15, -0.1) is 0 Å². The van der Waals surface area contributed by atoms with Crippen LogP contribution in [0.15, 0.2) is 47.3 Å². The fourth-order valence-electron chi connectivity index (χ4n) is 4.22. The standard InChI is InChI=1S/C25H33ClN6O/c1-28(2)12-15-30(4)22-7-5-6-21-24(22)25(33)32(20-10-8-19(26)9-11-20)23(27-21)18-31-16-13-29(3)14-17-31/h5-11H,12-18H2,1-4H3. The molecule has 2 aromatic carbocycles. The van der Waals surface area contributed by atoms with Crippen LogP contribution in [0.3, 0.4) is 0 Å². The summed E-state index contributed by atoms with van der Waals surface area (Å²) >= 11 is 6.14. The average Bonchev–Trinajstić information content (AvgIpc) is 2.79. The van der Waals surface area contributed by atoms with Gasteiger partial charge in [0.15, 0.2) is 0 Å². The highest BCUT2D eigenvalue weighted by Crippen LogP contribution is 2.24. The monoisotopic (exact) mass is 468 g/mol. The van der Waals surface area contributed by atoms with Crippen LogP contribution in [0.5, 0.6) is 0 Å². The SMILES string of the molecule is CN(C)CCN(C)c1cccc2nc(CN3CCN(C)CC3)n(-c3ccc(Cl)cc3)c(=O)c12. The maximum Gasteiger partial charge on any atom is 0.268 e. The molecule has 0 atom stereocenters. The summed E-state index contributed by atoms with van der Waals surface area (Å²) in [7, 11) is 8.28. The van der Waals surface area contributed by atoms with Gasteiger partial charge in [0.1, 0.15) is 5.82 Å². The molecule has 176 valence electrons. The molecule has 1 fully saturated rings. The number of hydrogen-bond donors (Lipinski definition) is 0. The molecule has 1 saturated heterocycles. The van der Waals surface area contributed by atoms with Crippen molar-refractivity contribution in [2.75, 3.05) is 72.4 Å². The second-order valence-electron chi connectivity index (χ2n) is 9.12. The van der Waals surface area contributed by atoms with Crippen molar-refractivity contribution in [3.63, 3.8) is 0 Å². The second kappa shape index (κ2) is 10.2. The van der Waals surface area contributed by atoms with E-state index in [1.165, 1.54) is 0 Å². The van der Waals surface area contributed by atoms with E-state index >= 15 is 0 Å². The molecular weight excluding hydrogens is 436 g/mol. The van der Waals surface area contributed by atoms with Gasteiger partial charge in [0.25, 0.3) is 5.56 Å². The Morgan fingerprint density at radius 1 is 0.970 bits per heavy atom. The molecule has 1 aliphatic rings. The maximum absolute atomic E-state index is 14.0. The van der Waals surface area contributed by atoms with Gasteiger partial charge in [-0.25, -0.2) is 4.98 Å². The number of fused-ring (bicyclic) bond motifs is 1. The Labute approximate surface area is 200 Å². The van der Waals surface area contributed by atoms with Crippen LogP contribution < -0.4 is 10.5 Å². The summed E-state index contributed by atoms with van der Waals surface area (Å²) in [4.78, 5) is 28.0. The third kappa shape index (κ3) is 5.38. The first-order chi connectivity index (χ1) is 15.8. The fourth-order valence-corrected chi connectivity index (χ4v) is 4.34. The number of aromatic nitrogens is 2. The van der Waals surface area contributed by atoms with Crippen LogP contribution in [-0.4, -0.2) is 91.7 Å². The largest absolute Gasteiger partial charge is 0.373 e. The predicted molar refractivity (Wildman–Crippen MR) is 137 cm³/mol. The molecule has 0 aliphatic carbocycles. The molecular formula is C25H33ClN6O. The summed E-state index contributed by atoms with van der Waals surface area (Å²) in [6, 6.07) is 13.4. The van der Waals surface area contributed by atoms with Crippen LogP contribution in [0.25, 0.3) is 16.6 Å². The van der Waals surface area contributed by atoms with Crippen molar-refractivity contribution in [1.82, 2.24) is 24.3 Å². The van der Waals surface area contributed by atoms with Crippen molar-refractivity contribution in [2.24, 2.45) is 0 Å². The predicted octanol–water partition coefficient (Wildman–Crippen LogP) is 2.78. The lowest BCUT2D eigenvalue weighted by Crippen LogP contribution is -2.44. The summed E-state index contributed by atoms with van der Waals surface area (Å²) in [6.45, 7) is 6.28. The highest BCUT2D eigenvalue weighted by molar-refractivity contribution is 6.30. The van der Waals surface area contributed by atoms with E-state index in [0.717, 1.165) is 62.0 Å². The minimum Gasteiger partial charge on any atom is -0.373 e. The first-order valence-electron chi connectivity index (χ1n) is 11.4. The number of halogens is 1. The zero-order valence-electron chi connectivity index (χ0n) is 20.0. The molecule has 0 radical (unpaired) electrons. The number of hydrogen-bond acceptors (Lipinski definition) is 6.